The van der Waals surface area contributed by atoms with Crippen LogP contribution in [0.5, 0.6) is 0 Å². The van der Waals surface area contributed by atoms with Gasteiger partial charge >= 0.3 is 0 Å². The Morgan fingerprint density at radius 1 is 0.562 bits per heavy atom. The fourth-order valence-electron chi connectivity index (χ4n) is 3.26. The number of rotatable bonds is 3. The second-order valence-corrected chi connectivity index (χ2v) is 7.16. The van der Waals surface area contributed by atoms with Gasteiger partial charge in [0.15, 0.2) is 0 Å². The average Bonchev–Trinajstić information content (AvgIpc) is 2.86. The molecule has 0 unspecified atom stereocenters. The molecule has 0 amide bonds. The molecule has 2 aromatic heterocycles. The zero-order valence-electron chi connectivity index (χ0n) is 17.8. The minimum absolute atomic E-state index is 0. The van der Waals surface area contributed by atoms with Gasteiger partial charge in [-0.2, -0.15) is 0 Å². The Morgan fingerprint density at radius 3 is 2.00 bits per heavy atom. The van der Waals surface area contributed by atoms with Crippen molar-refractivity contribution in [2.24, 2.45) is 0 Å². The van der Waals surface area contributed by atoms with Gasteiger partial charge in [-0.1, -0.05) is 60.7 Å². The molecule has 1 radical (unpaired) electrons. The molecule has 0 aliphatic carbocycles. The first kappa shape index (κ1) is 23.3. The van der Waals surface area contributed by atoms with Crippen molar-refractivity contribution in [3.63, 3.8) is 0 Å². The van der Waals surface area contributed by atoms with Crippen LogP contribution in [0, 0.1) is 13.0 Å². The van der Waals surface area contributed by atoms with Crippen LogP contribution in [0.2, 0.25) is 0 Å². The van der Waals surface area contributed by atoms with Crippen LogP contribution < -0.4 is 0 Å². The number of hydrogen-bond acceptors (Lipinski definition) is 2. The summed E-state index contributed by atoms with van der Waals surface area (Å²) in [6, 6.07) is 39.9. The molecule has 0 fully saturated rings. The van der Waals surface area contributed by atoms with Crippen LogP contribution >= 0.6 is 0 Å². The summed E-state index contributed by atoms with van der Waals surface area (Å²) in [5, 5.41) is 0. The van der Waals surface area contributed by atoms with E-state index in [0.29, 0.717) is 0 Å². The van der Waals surface area contributed by atoms with Crippen LogP contribution in [0.25, 0.3) is 33.6 Å². The molecule has 0 spiro atoms. The van der Waals surface area contributed by atoms with Gasteiger partial charge in [-0.15, -0.1) is 35.9 Å². The Bertz CT molecular complexity index is 1190. The number of pyridine rings is 2. The van der Waals surface area contributed by atoms with E-state index in [-0.39, 0.29) is 20.1 Å². The maximum absolute atomic E-state index is 4.44. The number of aryl methyl sites for hydroxylation is 1. The van der Waals surface area contributed by atoms with Crippen LogP contribution in [-0.4, -0.2) is 9.97 Å². The standard InChI is InChI=1S/C18H15N.C11H8N.Ir/c1-14-10-11-19-18(12-14)17-9-5-8-16(13-17)15-6-3-2-4-7-15;1-2-6-10(7-3-1)11-8-4-5-9-12-11;/h2-13H,1H3;1-6,8-9H;/q;-1;. The first-order valence-electron chi connectivity index (χ1n) is 10.3. The second kappa shape index (κ2) is 11.9. The summed E-state index contributed by atoms with van der Waals surface area (Å²) in [7, 11) is 0. The van der Waals surface area contributed by atoms with Crippen LogP contribution in [0.1, 0.15) is 5.56 Å². The van der Waals surface area contributed by atoms with Crippen molar-refractivity contribution >= 4 is 0 Å². The Kier molecular flexibility index (Phi) is 8.62. The van der Waals surface area contributed by atoms with E-state index in [1.165, 1.54) is 16.7 Å². The number of aromatic nitrogens is 2. The summed E-state index contributed by atoms with van der Waals surface area (Å²) >= 11 is 0. The topological polar surface area (TPSA) is 25.8 Å². The molecule has 3 aromatic carbocycles. The molecule has 5 rings (SSSR count). The Morgan fingerprint density at radius 2 is 1.28 bits per heavy atom. The molecule has 0 aliphatic rings. The molecule has 0 N–H and O–H groups in total. The molecule has 0 atom stereocenters. The predicted octanol–water partition coefficient (Wildman–Crippen LogP) is 7.27. The van der Waals surface area contributed by atoms with E-state index < -0.39 is 0 Å². The van der Waals surface area contributed by atoms with Gasteiger partial charge in [-0.05, 0) is 53.6 Å². The van der Waals surface area contributed by atoms with Crippen molar-refractivity contribution in [2.45, 2.75) is 6.92 Å². The zero-order chi connectivity index (χ0) is 21.3. The molecule has 0 aliphatic heterocycles. The Balaban J connectivity index is 0.000000193. The monoisotopic (exact) mass is 592 g/mol. The van der Waals surface area contributed by atoms with Crippen LogP contribution in [0.4, 0.5) is 0 Å². The summed E-state index contributed by atoms with van der Waals surface area (Å²) in [5.41, 5.74) is 7.88. The molecule has 2 heterocycles. The SMILES string of the molecule is Cc1ccnc(-c2cccc(-c3ccccc3)c2)c1.[Ir].[c-]1ccccc1-c1ccccn1. The Hall–Kier alpha value is -3.39. The smallest absolute Gasteiger partial charge is 0.0704 e. The van der Waals surface area contributed by atoms with Gasteiger partial charge in [0.2, 0.25) is 0 Å². The normalized spacial score (nSPS) is 9.78. The minimum atomic E-state index is 0. The number of nitrogens with zero attached hydrogens (tertiary/aromatic N) is 2. The number of hydrogen-bond donors (Lipinski definition) is 0. The van der Waals surface area contributed by atoms with E-state index in [2.05, 4.69) is 77.6 Å². The van der Waals surface area contributed by atoms with E-state index in [0.717, 1.165) is 22.5 Å². The molecule has 0 bridgehead atoms. The molecule has 32 heavy (non-hydrogen) atoms. The van der Waals surface area contributed by atoms with Crippen molar-refractivity contribution in [2.75, 3.05) is 0 Å². The van der Waals surface area contributed by atoms with Gasteiger partial charge in [-0.25, -0.2) is 0 Å². The van der Waals surface area contributed by atoms with Crippen molar-refractivity contribution in [1.29, 1.82) is 0 Å². The van der Waals surface area contributed by atoms with E-state index in [9.17, 15) is 0 Å². The molecule has 0 saturated heterocycles. The first-order chi connectivity index (χ1) is 15.3. The largest absolute Gasteiger partial charge is 0.305 e. The van der Waals surface area contributed by atoms with Crippen LogP contribution in [0.3, 0.4) is 0 Å². The third kappa shape index (κ3) is 6.31. The summed E-state index contributed by atoms with van der Waals surface area (Å²) in [6.45, 7) is 2.09. The molecular weight excluding hydrogens is 569 g/mol. The fourth-order valence-corrected chi connectivity index (χ4v) is 3.26. The van der Waals surface area contributed by atoms with Gasteiger partial charge in [-0.3, -0.25) is 4.98 Å². The zero-order valence-corrected chi connectivity index (χ0v) is 20.2. The van der Waals surface area contributed by atoms with Gasteiger partial charge in [0.05, 0.1) is 5.69 Å². The summed E-state index contributed by atoms with van der Waals surface area (Å²) in [4.78, 5) is 8.66. The van der Waals surface area contributed by atoms with Crippen molar-refractivity contribution in [1.82, 2.24) is 9.97 Å². The molecule has 2 nitrogen and oxygen atoms in total. The van der Waals surface area contributed by atoms with Gasteiger partial charge in [0, 0.05) is 38.1 Å². The quantitative estimate of drug-likeness (QED) is 0.206. The van der Waals surface area contributed by atoms with Crippen LogP contribution in [0.15, 0.2) is 122 Å². The van der Waals surface area contributed by atoms with Crippen molar-refractivity contribution in [3.8, 4) is 33.6 Å². The second-order valence-electron chi connectivity index (χ2n) is 7.16. The molecular formula is C29H23IrN2-. The van der Waals surface area contributed by atoms with E-state index in [1.54, 1.807) is 6.20 Å². The summed E-state index contributed by atoms with van der Waals surface area (Å²) in [5.74, 6) is 0. The molecule has 0 saturated carbocycles. The van der Waals surface area contributed by atoms with E-state index in [4.69, 9.17) is 0 Å². The summed E-state index contributed by atoms with van der Waals surface area (Å²) < 4.78 is 0. The van der Waals surface area contributed by atoms with Gasteiger partial charge < -0.3 is 4.98 Å². The third-order valence-electron chi connectivity index (χ3n) is 4.83. The maximum Gasteiger partial charge on any atom is 0.0704 e. The fraction of sp³-hybridized carbons (Fsp3) is 0.0345. The van der Waals surface area contributed by atoms with Crippen molar-refractivity contribution in [3.05, 3.63) is 133 Å². The van der Waals surface area contributed by atoms with E-state index in [1.807, 2.05) is 60.8 Å². The molecule has 159 valence electrons. The van der Waals surface area contributed by atoms with Crippen molar-refractivity contribution < 1.29 is 20.1 Å². The number of benzene rings is 3. The Labute approximate surface area is 203 Å². The first-order valence-corrected chi connectivity index (χ1v) is 10.3. The minimum Gasteiger partial charge on any atom is -0.305 e. The van der Waals surface area contributed by atoms with Crippen LogP contribution in [-0.2, 0) is 20.1 Å². The molecule has 5 aromatic rings. The average molecular weight is 592 g/mol. The third-order valence-corrected chi connectivity index (χ3v) is 4.83. The van der Waals surface area contributed by atoms with Gasteiger partial charge in [0.25, 0.3) is 0 Å². The summed E-state index contributed by atoms with van der Waals surface area (Å²) in [6.07, 6.45) is 3.65. The maximum atomic E-state index is 4.44. The van der Waals surface area contributed by atoms with Gasteiger partial charge in [0.1, 0.15) is 0 Å². The molecule has 3 heteroatoms. The van der Waals surface area contributed by atoms with E-state index >= 15 is 0 Å². The predicted molar refractivity (Wildman–Crippen MR) is 128 cm³/mol.